The topological polar surface area (TPSA) is 71.5 Å². The van der Waals surface area contributed by atoms with Crippen LogP contribution in [0.25, 0.3) is 0 Å². The smallest absolute Gasteiger partial charge is 0.337 e. The summed E-state index contributed by atoms with van der Waals surface area (Å²) in [5.74, 6) is -0.938. The molecular formula is C12H16N2O3. The van der Waals surface area contributed by atoms with Gasteiger partial charge in [-0.25, -0.2) is 4.79 Å². The lowest BCUT2D eigenvalue weighted by Gasteiger charge is -2.12. The zero-order valence-corrected chi connectivity index (χ0v) is 9.56. The molecule has 1 unspecified atom stereocenters. The van der Waals surface area contributed by atoms with E-state index in [0.29, 0.717) is 18.3 Å². The highest BCUT2D eigenvalue weighted by Crippen LogP contribution is 2.17. The number of carboxylic acid groups (broad SMARTS) is 1. The molecule has 5 nitrogen and oxygen atoms in total. The van der Waals surface area contributed by atoms with Gasteiger partial charge >= 0.3 is 5.97 Å². The van der Waals surface area contributed by atoms with Crippen molar-refractivity contribution >= 4 is 11.7 Å². The van der Waals surface area contributed by atoms with Gasteiger partial charge in [0.1, 0.15) is 0 Å². The molecule has 1 aromatic heterocycles. The lowest BCUT2D eigenvalue weighted by atomic mass is 10.1. The van der Waals surface area contributed by atoms with Crippen molar-refractivity contribution in [3.8, 4) is 0 Å². The van der Waals surface area contributed by atoms with Crippen LogP contribution in [0.5, 0.6) is 0 Å². The second kappa shape index (κ2) is 5.63. The summed E-state index contributed by atoms with van der Waals surface area (Å²) < 4.78 is 5.50. The van der Waals surface area contributed by atoms with Crippen molar-refractivity contribution in [1.29, 1.82) is 0 Å². The van der Waals surface area contributed by atoms with Gasteiger partial charge in [-0.1, -0.05) is 0 Å². The van der Waals surface area contributed by atoms with E-state index in [1.165, 1.54) is 12.3 Å². The van der Waals surface area contributed by atoms with Crippen LogP contribution in [0.3, 0.4) is 0 Å². The summed E-state index contributed by atoms with van der Waals surface area (Å²) in [5.41, 5.74) is 0.824. The molecule has 1 aliphatic heterocycles. The summed E-state index contributed by atoms with van der Waals surface area (Å²) >= 11 is 0. The Morgan fingerprint density at radius 3 is 3.24 bits per heavy atom. The third kappa shape index (κ3) is 3.17. The van der Waals surface area contributed by atoms with Gasteiger partial charge in [0, 0.05) is 19.3 Å². The van der Waals surface area contributed by atoms with Crippen molar-refractivity contribution in [1.82, 2.24) is 4.98 Å². The highest BCUT2D eigenvalue weighted by Gasteiger charge is 2.15. The highest BCUT2D eigenvalue weighted by atomic mass is 16.5. The summed E-state index contributed by atoms with van der Waals surface area (Å²) in [6.45, 7) is 1.55. The largest absolute Gasteiger partial charge is 0.478 e. The quantitative estimate of drug-likeness (QED) is 0.815. The number of anilines is 1. The maximum atomic E-state index is 10.9. The van der Waals surface area contributed by atoms with E-state index < -0.39 is 5.97 Å². The molecular weight excluding hydrogens is 220 g/mol. The molecule has 1 fully saturated rings. The number of nitrogens with zero attached hydrogens (tertiary/aromatic N) is 1. The van der Waals surface area contributed by atoms with Crippen molar-refractivity contribution in [2.45, 2.75) is 25.4 Å². The second-order valence-electron chi connectivity index (χ2n) is 4.08. The summed E-state index contributed by atoms with van der Waals surface area (Å²) in [6, 6.07) is 1.50. The Hall–Kier alpha value is -1.62. The summed E-state index contributed by atoms with van der Waals surface area (Å²) in [5, 5.41) is 12.1. The zero-order valence-electron chi connectivity index (χ0n) is 9.56. The summed E-state index contributed by atoms with van der Waals surface area (Å²) in [6.07, 6.45) is 6.45. The van der Waals surface area contributed by atoms with Crippen LogP contribution in [0.1, 0.15) is 29.6 Å². The van der Waals surface area contributed by atoms with Gasteiger partial charge in [-0.3, -0.25) is 4.98 Å². The number of hydrogen-bond donors (Lipinski definition) is 2. The van der Waals surface area contributed by atoms with E-state index in [4.69, 9.17) is 9.84 Å². The van der Waals surface area contributed by atoms with E-state index in [2.05, 4.69) is 10.3 Å². The fraction of sp³-hybridized carbons (Fsp3) is 0.500. The molecule has 1 atom stereocenters. The van der Waals surface area contributed by atoms with E-state index in [1.54, 1.807) is 6.20 Å². The van der Waals surface area contributed by atoms with Crippen molar-refractivity contribution in [2.24, 2.45) is 0 Å². The van der Waals surface area contributed by atoms with Crippen LogP contribution in [0.4, 0.5) is 5.69 Å². The van der Waals surface area contributed by atoms with E-state index in [9.17, 15) is 4.79 Å². The van der Waals surface area contributed by atoms with E-state index in [1.807, 2.05) is 0 Å². The Morgan fingerprint density at radius 1 is 1.65 bits per heavy atom. The fourth-order valence-corrected chi connectivity index (χ4v) is 1.96. The maximum absolute atomic E-state index is 10.9. The highest BCUT2D eigenvalue weighted by molar-refractivity contribution is 5.93. The van der Waals surface area contributed by atoms with E-state index in [0.717, 1.165) is 25.9 Å². The number of rotatable bonds is 5. The summed E-state index contributed by atoms with van der Waals surface area (Å²) in [4.78, 5) is 14.9. The van der Waals surface area contributed by atoms with Gasteiger partial charge < -0.3 is 15.2 Å². The number of ether oxygens (including phenoxy) is 1. The molecule has 1 saturated heterocycles. The van der Waals surface area contributed by atoms with Gasteiger partial charge in [0.15, 0.2) is 0 Å². The minimum atomic E-state index is -0.938. The molecule has 0 spiro atoms. The Kier molecular flexibility index (Phi) is 3.93. The molecule has 1 aliphatic rings. The van der Waals surface area contributed by atoms with Gasteiger partial charge in [0.25, 0.3) is 0 Å². The predicted octanol–water partition coefficient (Wildman–Crippen LogP) is 1.76. The third-order valence-electron chi connectivity index (χ3n) is 2.86. The van der Waals surface area contributed by atoms with Crippen LogP contribution in [-0.4, -0.2) is 35.3 Å². The molecule has 2 rings (SSSR count). The van der Waals surface area contributed by atoms with Gasteiger partial charge in [-0.15, -0.1) is 0 Å². The van der Waals surface area contributed by atoms with Crippen molar-refractivity contribution in [2.75, 3.05) is 18.5 Å². The Balaban J connectivity index is 1.87. The van der Waals surface area contributed by atoms with Crippen LogP contribution in [0.15, 0.2) is 18.5 Å². The second-order valence-corrected chi connectivity index (χ2v) is 4.08. The standard InChI is InChI=1S/C12H16N2O3/c15-12(16)10-4-5-13-8-11(10)14-6-3-9-2-1-7-17-9/h4-5,8-9,14H,1-3,6-7H2,(H,15,16). The van der Waals surface area contributed by atoms with Gasteiger partial charge in [-0.05, 0) is 25.3 Å². The minimum Gasteiger partial charge on any atom is -0.478 e. The molecule has 0 bridgehead atoms. The van der Waals surface area contributed by atoms with Crippen LogP contribution < -0.4 is 5.32 Å². The molecule has 0 saturated carbocycles. The zero-order chi connectivity index (χ0) is 12.1. The molecule has 1 aromatic rings. The van der Waals surface area contributed by atoms with E-state index >= 15 is 0 Å². The number of carboxylic acids is 1. The molecule has 2 heterocycles. The van der Waals surface area contributed by atoms with Crippen LogP contribution in [-0.2, 0) is 4.74 Å². The SMILES string of the molecule is O=C(O)c1ccncc1NCCC1CCCO1. The van der Waals surface area contributed by atoms with Crippen LogP contribution >= 0.6 is 0 Å². The molecule has 92 valence electrons. The minimum absolute atomic E-state index is 0.257. The molecule has 0 aromatic carbocycles. The molecule has 5 heteroatoms. The Bertz CT molecular complexity index is 389. The number of aromatic nitrogens is 1. The first-order valence-corrected chi connectivity index (χ1v) is 5.80. The number of carbonyl (C=O) groups is 1. The van der Waals surface area contributed by atoms with Gasteiger partial charge in [0.2, 0.25) is 0 Å². The first kappa shape index (κ1) is 11.9. The fourth-order valence-electron chi connectivity index (χ4n) is 1.96. The van der Waals surface area contributed by atoms with Gasteiger partial charge in [-0.2, -0.15) is 0 Å². The van der Waals surface area contributed by atoms with Crippen molar-refractivity contribution in [3.05, 3.63) is 24.0 Å². The first-order valence-electron chi connectivity index (χ1n) is 5.80. The third-order valence-corrected chi connectivity index (χ3v) is 2.86. The average Bonchev–Trinajstić information content (AvgIpc) is 2.82. The predicted molar refractivity (Wildman–Crippen MR) is 63.3 cm³/mol. The number of pyridine rings is 1. The summed E-state index contributed by atoms with van der Waals surface area (Å²) in [7, 11) is 0. The monoisotopic (exact) mass is 236 g/mol. The van der Waals surface area contributed by atoms with Crippen molar-refractivity contribution in [3.63, 3.8) is 0 Å². The van der Waals surface area contributed by atoms with Gasteiger partial charge in [0.05, 0.1) is 23.6 Å². The number of nitrogens with one attached hydrogen (secondary N) is 1. The van der Waals surface area contributed by atoms with Crippen LogP contribution in [0, 0.1) is 0 Å². The lowest BCUT2D eigenvalue weighted by Crippen LogP contribution is -2.14. The molecule has 0 radical (unpaired) electrons. The lowest BCUT2D eigenvalue weighted by molar-refractivity contribution is 0.0698. The number of hydrogen-bond acceptors (Lipinski definition) is 4. The average molecular weight is 236 g/mol. The van der Waals surface area contributed by atoms with Crippen LogP contribution in [0.2, 0.25) is 0 Å². The van der Waals surface area contributed by atoms with Crippen molar-refractivity contribution < 1.29 is 14.6 Å². The number of aromatic carboxylic acids is 1. The first-order chi connectivity index (χ1) is 8.27. The van der Waals surface area contributed by atoms with E-state index in [-0.39, 0.29) is 5.56 Å². The Labute approximate surface area is 99.8 Å². The molecule has 17 heavy (non-hydrogen) atoms. The maximum Gasteiger partial charge on any atom is 0.337 e. The molecule has 0 aliphatic carbocycles. The normalized spacial score (nSPS) is 19.2. The Morgan fingerprint density at radius 2 is 2.53 bits per heavy atom. The molecule has 0 amide bonds. The molecule has 2 N–H and O–H groups in total.